The van der Waals surface area contributed by atoms with Crippen LogP contribution in [-0.2, 0) is 6.54 Å². The summed E-state index contributed by atoms with van der Waals surface area (Å²) in [7, 11) is 0. The zero-order chi connectivity index (χ0) is 10.1. The van der Waals surface area contributed by atoms with Crippen LogP contribution in [0.3, 0.4) is 0 Å². The molecule has 5 nitrogen and oxygen atoms in total. The van der Waals surface area contributed by atoms with Crippen molar-refractivity contribution < 1.29 is 9.84 Å². The van der Waals surface area contributed by atoms with Crippen LogP contribution >= 0.6 is 0 Å². The Morgan fingerprint density at radius 3 is 3.29 bits per heavy atom. The van der Waals surface area contributed by atoms with Gasteiger partial charge in [0.25, 0.3) is 0 Å². The van der Waals surface area contributed by atoms with Crippen molar-refractivity contribution in [1.29, 1.82) is 0 Å². The van der Waals surface area contributed by atoms with Gasteiger partial charge in [0, 0.05) is 6.04 Å². The smallest absolute Gasteiger partial charge is 0.214 e. The molecule has 0 radical (unpaired) electrons. The number of fused-ring (bicyclic) bond motifs is 1. The van der Waals surface area contributed by atoms with Gasteiger partial charge in [-0.2, -0.15) is 0 Å². The Kier molecular flexibility index (Phi) is 2.43. The predicted octanol–water partition coefficient (Wildman–Crippen LogP) is 0.0462. The van der Waals surface area contributed by atoms with E-state index in [9.17, 15) is 5.11 Å². The van der Waals surface area contributed by atoms with E-state index in [4.69, 9.17) is 10.5 Å². The molecule has 2 atom stereocenters. The highest BCUT2D eigenvalue weighted by molar-refractivity contribution is 5.16. The van der Waals surface area contributed by atoms with Gasteiger partial charge < -0.3 is 15.6 Å². The first-order valence-corrected chi connectivity index (χ1v) is 4.86. The summed E-state index contributed by atoms with van der Waals surface area (Å²) in [6.07, 6.45) is 1.66. The summed E-state index contributed by atoms with van der Waals surface area (Å²) in [5.74, 6) is 1.34. The highest BCUT2D eigenvalue weighted by Gasteiger charge is 2.25. The molecule has 0 amide bonds. The van der Waals surface area contributed by atoms with E-state index in [1.54, 1.807) is 6.20 Å². The zero-order valence-electron chi connectivity index (χ0n) is 8.18. The molecule has 2 unspecified atom stereocenters. The molecule has 14 heavy (non-hydrogen) atoms. The van der Waals surface area contributed by atoms with E-state index in [2.05, 4.69) is 4.98 Å². The van der Waals surface area contributed by atoms with Gasteiger partial charge in [0.1, 0.15) is 18.5 Å². The Labute approximate surface area is 82.5 Å². The SMILES string of the molecule is CCC(N)C(O)c1ncc2n1CCO2. The van der Waals surface area contributed by atoms with Crippen LogP contribution in [0, 0.1) is 0 Å². The van der Waals surface area contributed by atoms with E-state index in [0.29, 0.717) is 12.4 Å². The summed E-state index contributed by atoms with van der Waals surface area (Å²) in [6, 6.07) is -0.262. The van der Waals surface area contributed by atoms with Crippen molar-refractivity contribution in [3.63, 3.8) is 0 Å². The van der Waals surface area contributed by atoms with Gasteiger partial charge in [-0.05, 0) is 6.42 Å². The van der Waals surface area contributed by atoms with Gasteiger partial charge in [-0.3, -0.25) is 4.57 Å². The fourth-order valence-electron chi connectivity index (χ4n) is 1.61. The summed E-state index contributed by atoms with van der Waals surface area (Å²) in [5.41, 5.74) is 5.76. The number of aliphatic hydroxyl groups excluding tert-OH is 1. The largest absolute Gasteiger partial charge is 0.476 e. The van der Waals surface area contributed by atoms with Crippen LogP contribution in [0.25, 0.3) is 0 Å². The fourth-order valence-corrected chi connectivity index (χ4v) is 1.61. The third-order valence-corrected chi connectivity index (χ3v) is 2.56. The lowest BCUT2D eigenvalue weighted by Crippen LogP contribution is -2.29. The van der Waals surface area contributed by atoms with Crippen LogP contribution in [0.5, 0.6) is 5.88 Å². The lowest BCUT2D eigenvalue weighted by atomic mass is 10.1. The number of nitrogens with two attached hydrogens (primary N) is 1. The Balaban J connectivity index is 2.24. The van der Waals surface area contributed by atoms with Crippen molar-refractivity contribution in [2.75, 3.05) is 6.61 Å². The maximum Gasteiger partial charge on any atom is 0.214 e. The number of nitrogens with zero attached hydrogens (tertiary/aromatic N) is 2. The Hall–Kier alpha value is -1.07. The van der Waals surface area contributed by atoms with E-state index in [1.165, 1.54) is 0 Å². The Bertz CT molecular complexity index is 324. The molecule has 2 heterocycles. The van der Waals surface area contributed by atoms with Crippen LogP contribution in [0.15, 0.2) is 6.20 Å². The predicted molar refractivity (Wildman–Crippen MR) is 50.9 cm³/mol. The number of ether oxygens (including phenoxy) is 1. The lowest BCUT2D eigenvalue weighted by molar-refractivity contribution is 0.131. The second-order valence-corrected chi connectivity index (χ2v) is 3.47. The van der Waals surface area contributed by atoms with Gasteiger partial charge in [0.05, 0.1) is 12.7 Å². The average Bonchev–Trinajstić information content (AvgIpc) is 2.76. The van der Waals surface area contributed by atoms with Crippen LogP contribution < -0.4 is 10.5 Å². The molecule has 0 bridgehead atoms. The van der Waals surface area contributed by atoms with E-state index in [-0.39, 0.29) is 6.04 Å². The minimum absolute atomic E-state index is 0.262. The molecule has 1 aliphatic rings. The third-order valence-electron chi connectivity index (χ3n) is 2.56. The summed E-state index contributed by atoms with van der Waals surface area (Å²) >= 11 is 0. The maximum atomic E-state index is 9.88. The molecule has 0 fully saturated rings. The number of hydrogen-bond acceptors (Lipinski definition) is 4. The molecule has 0 aliphatic carbocycles. The first-order chi connectivity index (χ1) is 6.74. The molecule has 78 valence electrons. The molecular weight excluding hydrogens is 182 g/mol. The number of imidazole rings is 1. The second-order valence-electron chi connectivity index (χ2n) is 3.47. The number of rotatable bonds is 3. The molecule has 1 aromatic rings. The minimum atomic E-state index is -0.699. The van der Waals surface area contributed by atoms with Crippen molar-refractivity contribution in [2.45, 2.75) is 32.0 Å². The highest BCUT2D eigenvalue weighted by atomic mass is 16.5. The average molecular weight is 197 g/mol. The van der Waals surface area contributed by atoms with Crippen molar-refractivity contribution in [3.8, 4) is 5.88 Å². The van der Waals surface area contributed by atoms with E-state index in [1.807, 2.05) is 11.5 Å². The number of aromatic nitrogens is 2. The van der Waals surface area contributed by atoms with Gasteiger partial charge in [0.2, 0.25) is 5.88 Å². The van der Waals surface area contributed by atoms with Gasteiger partial charge >= 0.3 is 0 Å². The first kappa shape index (κ1) is 9.48. The van der Waals surface area contributed by atoms with E-state index < -0.39 is 6.10 Å². The molecule has 1 aliphatic heterocycles. The highest BCUT2D eigenvalue weighted by Crippen LogP contribution is 2.25. The fraction of sp³-hybridized carbons (Fsp3) is 0.667. The monoisotopic (exact) mass is 197 g/mol. The second kappa shape index (κ2) is 3.59. The standard InChI is InChI=1S/C9H15N3O2/c1-2-6(10)8(13)9-11-5-7-12(9)3-4-14-7/h5-6,8,13H,2-4,10H2,1H3. The molecule has 0 aromatic carbocycles. The van der Waals surface area contributed by atoms with Crippen molar-refractivity contribution in [3.05, 3.63) is 12.0 Å². The van der Waals surface area contributed by atoms with Crippen LogP contribution in [-0.4, -0.2) is 27.3 Å². The van der Waals surface area contributed by atoms with Crippen molar-refractivity contribution >= 4 is 0 Å². The molecular formula is C9H15N3O2. The van der Waals surface area contributed by atoms with Gasteiger partial charge in [-0.15, -0.1) is 0 Å². The van der Waals surface area contributed by atoms with Crippen molar-refractivity contribution in [2.24, 2.45) is 5.73 Å². The molecule has 0 saturated carbocycles. The van der Waals surface area contributed by atoms with Gasteiger partial charge in [-0.25, -0.2) is 4.98 Å². The first-order valence-electron chi connectivity index (χ1n) is 4.86. The topological polar surface area (TPSA) is 73.3 Å². The third kappa shape index (κ3) is 1.38. The number of aliphatic hydroxyl groups is 1. The normalized spacial score (nSPS) is 18.8. The summed E-state index contributed by atoms with van der Waals surface area (Å²) < 4.78 is 7.17. The van der Waals surface area contributed by atoms with Gasteiger partial charge in [0.15, 0.2) is 0 Å². The number of hydrogen-bond donors (Lipinski definition) is 2. The van der Waals surface area contributed by atoms with Crippen LogP contribution in [0.1, 0.15) is 25.3 Å². The van der Waals surface area contributed by atoms with Crippen molar-refractivity contribution in [1.82, 2.24) is 9.55 Å². The van der Waals surface area contributed by atoms with Gasteiger partial charge in [-0.1, -0.05) is 6.92 Å². The molecule has 0 spiro atoms. The summed E-state index contributed by atoms with van der Waals surface area (Å²) in [6.45, 7) is 3.34. The summed E-state index contributed by atoms with van der Waals surface area (Å²) in [4.78, 5) is 4.11. The molecule has 5 heteroatoms. The minimum Gasteiger partial charge on any atom is -0.476 e. The quantitative estimate of drug-likeness (QED) is 0.718. The zero-order valence-corrected chi connectivity index (χ0v) is 8.18. The molecule has 0 saturated heterocycles. The molecule has 2 rings (SSSR count). The van der Waals surface area contributed by atoms with E-state index in [0.717, 1.165) is 18.8 Å². The van der Waals surface area contributed by atoms with Crippen LogP contribution in [0.2, 0.25) is 0 Å². The summed E-state index contributed by atoms with van der Waals surface area (Å²) in [5, 5.41) is 9.88. The molecule has 3 N–H and O–H groups in total. The van der Waals surface area contributed by atoms with Crippen LogP contribution in [0.4, 0.5) is 0 Å². The maximum absolute atomic E-state index is 9.88. The Morgan fingerprint density at radius 1 is 1.79 bits per heavy atom. The van der Waals surface area contributed by atoms with E-state index >= 15 is 0 Å². The lowest BCUT2D eigenvalue weighted by Gasteiger charge is -2.16. The molecule has 1 aromatic heterocycles. The Morgan fingerprint density at radius 2 is 2.57 bits per heavy atom.